The fourth-order valence-corrected chi connectivity index (χ4v) is 4.31. The lowest BCUT2D eigenvalue weighted by atomic mass is 9.98. The number of amides is 1. The number of piperidine rings is 1. The zero-order valence-corrected chi connectivity index (χ0v) is 15.9. The van der Waals surface area contributed by atoms with Gasteiger partial charge in [-0.3, -0.25) is 9.59 Å². The number of benzene rings is 1. The predicted octanol–water partition coefficient (Wildman–Crippen LogP) is 2.78. The highest BCUT2D eigenvalue weighted by Gasteiger charge is 2.27. The van der Waals surface area contributed by atoms with E-state index in [9.17, 15) is 14.0 Å². The Morgan fingerprint density at radius 1 is 1.44 bits per heavy atom. The number of carboxylic acid groups (broad SMARTS) is 1. The largest absolute Gasteiger partial charge is 0.480 e. The fraction of sp³-hybridized carbons (Fsp3) is 0.421. The Hall–Kier alpha value is -2.32. The van der Waals surface area contributed by atoms with Gasteiger partial charge in [-0.15, -0.1) is 11.3 Å². The number of likely N-dealkylation sites (tertiary alicyclic amines) is 1. The van der Waals surface area contributed by atoms with Crippen LogP contribution in [0.1, 0.15) is 28.2 Å². The highest BCUT2D eigenvalue weighted by atomic mass is 32.1. The molecule has 0 bridgehead atoms. The summed E-state index contributed by atoms with van der Waals surface area (Å²) in [5.41, 5.74) is 1.31. The molecule has 0 aliphatic carbocycles. The zero-order valence-electron chi connectivity index (χ0n) is 15.1. The number of rotatable bonds is 6. The van der Waals surface area contributed by atoms with Crippen LogP contribution in [0.5, 0.6) is 0 Å². The smallest absolute Gasteiger partial charge is 0.317 e. The number of hydrogen-bond donors (Lipinski definition) is 2. The molecule has 1 aliphatic heterocycles. The van der Waals surface area contributed by atoms with Crippen LogP contribution in [0.3, 0.4) is 0 Å². The average molecular weight is 391 g/mol. The van der Waals surface area contributed by atoms with Crippen molar-refractivity contribution in [1.29, 1.82) is 0 Å². The van der Waals surface area contributed by atoms with Crippen LogP contribution in [0.25, 0.3) is 10.6 Å². The third kappa shape index (κ3) is 4.90. The van der Waals surface area contributed by atoms with Crippen LogP contribution in [0.2, 0.25) is 0 Å². The number of aliphatic carboxylic acids is 1. The SMILES string of the molecule is Cc1nc(-c2cccc(F)c2)sc1C(=O)N1CCCC(CNCC(=O)O)C1. The molecule has 1 aromatic heterocycles. The molecule has 3 rings (SSSR count). The number of hydrogen-bond acceptors (Lipinski definition) is 5. The summed E-state index contributed by atoms with van der Waals surface area (Å²) in [6.45, 7) is 3.57. The summed E-state index contributed by atoms with van der Waals surface area (Å²) in [4.78, 5) is 30.4. The van der Waals surface area contributed by atoms with Crippen LogP contribution >= 0.6 is 11.3 Å². The predicted molar refractivity (Wildman–Crippen MR) is 101 cm³/mol. The van der Waals surface area contributed by atoms with Crippen molar-refractivity contribution in [2.45, 2.75) is 19.8 Å². The van der Waals surface area contributed by atoms with Gasteiger partial charge in [-0.1, -0.05) is 12.1 Å². The number of carbonyl (C=O) groups is 2. The van der Waals surface area contributed by atoms with Crippen molar-refractivity contribution in [1.82, 2.24) is 15.2 Å². The molecule has 27 heavy (non-hydrogen) atoms. The normalized spacial score (nSPS) is 17.1. The Bertz CT molecular complexity index is 839. The molecule has 2 aromatic rings. The van der Waals surface area contributed by atoms with E-state index in [1.165, 1.54) is 23.5 Å². The molecule has 1 unspecified atom stereocenters. The highest BCUT2D eigenvalue weighted by molar-refractivity contribution is 7.17. The molecule has 1 amide bonds. The van der Waals surface area contributed by atoms with Gasteiger partial charge in [0.25, 0.3) is 5.91 Å². The maximum Gasteiger partial charge on any atom is 0.317 e. The van der Waals surface area contributed by atoms with E-state index in [4.69, 9.17) is 5.11 Å². The first-order valence-electron chi connectivity index (χ1n) is 8.89. The lowest BCUT2D eigenvalue weighted by Crippen LogP contribution is -2.43. The van der Waals surface area contributed by atoms with Crippen LogP contribution in [0, 0.1) is 18.7 Å². The number of nitrogens with zero attached hydrogens (tertiary/aromatic N) is 2. The lowest BCUT2D eigenvalue weighted by Gasteiger charge is -2.32. The minimum Gasteiger partial charge on any atom is -0.480 e. The van der Waals surface area contributed by atoms with E-state index in [1.54, 1.807) is 19.1 Å². The van der Waals surface area contributed by atoms with E-state index < -0.39 is 5.97 Å². The van der Waals surface area contributed by atoms with E-state index in [0.717, 1.165) is 12.8 Å². The van der Waals surface area contributed by atoms with Crippen molar-refractivity contribution in [3.63, 3.8) is 0 Å². The summed E-state index contributed by atoms with van der Waals surface area (Å²) in [5, 5.41) is 12.3. The van der Waals surface area contributed by atoms with Gasteiger partial charge in [-0.25, -0.2) is 9.37 Å². The molecule has 1 aromatic carbocycles. The Kier molecular flexibility index (Phi) is 6.18. The molecule has 1 saturated heterocycles. The molecule has 1 aliphatic rings. The maximum absolute atomic E-state index is 13.5. The number of carboxylic acids is 1. The van der Waals surface area contributed by atoms with Gasteiger partial charge in [0.05, 0.1) is 12.2 Å². The van der Waals surface area contributed by atoms with Gasteiger partial charge in [0.1, 0.15) is 15.7 Å². The number of nitrogens with one attached hydrogen (secondary N) is 1. The third-order valence-corrected chi connectivity index (χ3v) is 5.77. The molecule has 0 spiro atoms. The summed E-state index contributed by atoms with van der Waals surface area (Å²) in [5.74, 6) is -1.04. The summed E-state index contributed by atoms with van der Waals surface area (Å²) in [7, 11) is 0. The van der Waals surface area contributed by atoms with Crippen molar-refractivity contribution < 1.29 is 19.1 Å². The molecule has 0 saturated carbocycles. The molecule has 144 valence electrons. The van der Waals surface area contributed by atoms with Crippen molar-refractivity contribution in [2.75, 3.05) is 26.2 Å². The number of halogens is 1. The number of aryl methyl sites for hydroxylation is 1. The van der Waals surface area contributed by atoms with Crippen LogP contribution < -0.4 is 5.32 Å². The zero-order chi connectivity index (χ0) is 19.4. The number of aromatic nitrogens is 1. The van der Waals surface area contributed by atoms with Gasteiger partial charge in [0, 0.05) is 25.2 Å². The first-order valence-corrected chi connectivity index (χ1v) is 9.71. The molecule has 8 heteroatoms. The van der Waals surface area contributed by atoms with Gasteiger partial charge in [-0.05, 0) is 37.8 Å². The molecule has 0 radical (unpaired) electrons. The molecule has 1 atom stereocenters. The van der Waals surface area contributed by atoms with Gasteiger partial charge < -0.3 is 15.3 Å². The highest BCUT2D eigenvalue weighted by Crippen LogP contribution is 2.30. The van der Waals surface area contributed by atoms with E-state index in [-0.39, 0.29) is 24.2 Å². The van der Waals surface area contributed by atoms with Gasteiger partial charge >= 0.3 is 5.97 Å². The standard InChI is InChI=1S/C19H22FN3O3S/c1-12-17(27-18(22-12)14-5-2-6-15(20)8-14)19(26)23-7-3-4-13(11-23)9-21-10-16(24)25/h2,5-6,8,13,21H,3-4,7,9-11H2,1H3,(H,24,25). The molecule has 1 fully saturated rings. The lowest BCUT2D eigenvalue weighted by molar-refractivity contribution is -0.136. The second-order valence-electron chi connectivity index (χ2n) is 6.73. The Morgan fingerprint density at radius 2 is 2.26 bits per heavy atom. The minimum absolute atomic E-state index is 0.0596. The monoisotopic (exact) mass is 391 g/mol. The summed E-state index contributed by atoms with van der Waals surface area (Å²) >= 11 is 1.28. The Labute approximate surface area is 161 Å². The third-order valence-electron chi connectivity index (χ3n) is 4.58. The topological polar surface area (TPSA) is 82.5 Å². The summed E-state index contributed by atoms with van der Waals surface area (Å²) < 4.78 is 13.5. The summed E-state index contributed by atoms with van der Waals surface area (Å²) in [6, 6.07) is 6.20. The minimum atomic E-state index is -0.885. The van der Waals surface area contributed by atoms with Gasteiger partial charge in [0.2, 0.25) is 0 Å². The molecule has 2 N–H and O–H groups in total. The molecule has 2 heterocycles. The van der Waals surface area contributed by atoms with Crippen LogP contribution in [-0.4, -0.2) is 53.0 Å². The molecular formula is C19H22FN3O3S. The van der Waals surface area contributed by atoms with Gasteiger partial charge in [0.15, 0.2) is 0 Å². The summed E-state index contributed by atoms with van der Waals surface area (Å²) in [6.07, 6.45) is 1.85. The van der Waals surface area contributed by atoms with Crippen LogP contribution in [0.4, 0.5) is 4.39 Å². The molecular weight excluding hydrogens is 369 g/mol. The van der Waals surface area contributed by atoms with Gasteiger partial charge in [-0.2, -0.15) is 0 Å². The number of carbonyl (C=O) groups excluding carboxylic acids is 1. The Morgan fingerprint density at radius 3 is 3.00 bits per heavy atom. The van der Waals surface area contributed by atoms with Crippen LogP contribution in [0.15, 0.2) is 24.3 Å². The first-order chi connectivity index (χ1) is 12.9. The fourth-order valence-electron chi connectivity index (χ4n) is 3.28. The van der Waals surface area contributed by atoms with E-state index in [1.807, 2.05) is 4.90 Å². The van der Waals surface area contributed by atoms with E-state index in [0.29, 0.717) is 40.8 Å². The van der Waals surface area contributed by atoms with Crippen molar-refractivity contribution in [3.8, 4) is 10.6 Å². The number of thiazole rings is 1. The van der Waals surface area contributed by atoms with Crippen LogP contribution in [-0.2, 0) is 4.79 Å². The van der Waals surface area contributed by atoms with Crippen molar-refractivity contribution >= 4 is 23.2 Å². The molecule has 6 nitrogen and oxygen atoms in total. The van der Waals surface area contributed by atoms with Crippen molar-refractivity contribution in [3.05, 3.63) is 40.7 Å². The second kappa shape index (κ2) is 8.58. The second-order valence-corrected chi connectivity index (χ2v) is 7.73. The quantitative estimate of drug-likeness (QED) is 0.791. The van der Waals surface area contributed by atoms with Crippen molar-refractivity contribution in [2.24, 2.45) is 5.92 Å². The average Bonchev–Trinajstić information content (AvgIpc) is 3.03. The van der Waals surface area contributed by atoms with E-state index >= 15 is 0 Å². The first kappa shape index (κ1) is 19.4. The maximum atomic E-state index is 13.5. The Balaban J connectivity index is 1.69. The van der Waals surface area contributed by atoms with E-state index in [2.05, 4.69) is 10.3 Å².